The number of likely N-dealkylation sites (tertiary alicyclic amines) is 1. The van der Waals surface area contributed by atoms with Gasteiger partial charge in [-0.2, -0.15) is 0 Å². The molecule has 0 radical (unpaired) electrons. The van der Waals surface area contributed by atoms with Crippen molar-refractivity contribution in [2.75, 3.05) is 18.4 Å². The molecule has 7 nitrogen and oxygen atoms in total. The third kappa shape index (κ3) is 6.50. The summed E-state index contributed by atoms with van der Waals surface area (Å²) in [6.07, 6.45) is 1.29. The van der Waals surface area contributed by atoms with Crippen molar-refractivity contribution >= 4 is 23.5 Å². The number of hydrogen-bond acceptors (Lipinski definition) is 3. The summed E-state index contributed by atoms with van der Waals surface area (Å²) in [6, 6.07) is 10.4. The molecule has 0 aliphatic carbocycles. The van der Waals surface area contributed by atoms with Crippen molar-refractivity contribution in [3.8, 4) is 0 Å². The molecule has 2 aromatic rings. The van der Waals surface area contributed by atoms with Gasteiger partial charge in [0.15, 0.2) is 0 Å². The van der Waals surface area contributed by atoms with E-state index in [1.165, 1.54) is 31.2 Å². The molecule has 9 heteroatoms. The lowest BCUT2D eigenvalue weighted by atomic mass is 10.0. The van der Waals surface area contributed by atoms with Crippen LogP contribution in [0.5, 0.6) is 0 Å². The van der Waals surface area contributed by atoms with Crippen molar-refractivity contribution in [2.45, 2.75) is 38.3 Å². The third-order valence-corrected chi connectivity index (χ3v) is 5.29. The molecule has 0 spiro atoms. The highest BCUT2D eigenvalue weighted by molar-refractivity contribution is 5.89. The number of rotatable bonds is 6. The third-order valence-electron chi connectivity index (χ3n) is 5.29. The van der Waals surface area contributed by atoms with Crippen LogP contribution in [-0.4, -0.2) is 47.9 Å². The zero-order valence-electron chi connectivity index (χ0n) is 17.7. The lowest BCUT2D eigenvalue weighted by Gasteiger charge is -2.33. The number of urea groups is 1. The molecule has 1 aliphatic rings. The molecule has 1 atom stereocenters. The Morgan fingerprint density at radius 3 is 2.31 bits per heavy atom. The average Bonchev–Trinajstić information content (AvgIpc) is 2.76. The number of halogens is 2. The quantitative estimate of drug-likeness (QED) is 0.640. The van der Waals surface area contributed by atoms with E-state index in [0.29, 0.717) is 25.9 Å². The van der Waals surface area contributed by atoms with E-state index in [1.807, 2.05) is 0 Å². The molecule has 4 amide bonds. The van der Waals surface area contributed by atoms with Crippen molar-refractivity contribution in [1.82, 2.24) is 15.5 Å². The Kier molecular flexibility index (Phi) is 7.75. The van der Waals surface area contributed by atoms with Gasteiger partial charge in [-0.25, -0.2) is 13.6 Å². The minimum atomic E-state index is -0.791. The van der Waals surface area contributed by atoms with Gasteiger partial charge < -0.3 is 20.9 Å². The molecule has 1 saturated heterocycles. The van der Waals surface area contributed by atoms with Crippen molar-refractivity contribution in [2.24, 2.45) is 0 Å². The van der Waals surface area contributed by atoms with E-state index < -0.39 is 17.9 Å². The zero-order valence-corrected chi connectivity index (χ0v) is 17.7. The SMILES string of the molecule is CC(=O)NC(Cc1ccc(F)cc1)C(=O)NC1CCN(C(=O)Nc2ccccc2F)CC1. The number of nitrogens with zero attached hydrogens (tertiary/aromatic N) is 1. The van der Waals surface area contributed by atoms with E-state index in [4.69, 9.17) is 0 Å². The summed E-state index contributed by atoms with van der Waals surface area (Å²) in [5, 5.41) is 8.12. The maximum atomic E-state index is 13.7. The van der Waals surface area contributed by atoms with Gasteiger partial charge in [-0.15, -0.1) is 0 Å². The Labute approximate surface area is 185 Å². The number of para-hydroxylation sites is 1. The molecule has 32 heavy (non-hydrogen) atoms. The lowest BCUT2D eigenvalue weighted by molar-refractivity contribution is -0.128. The Balaban J connectivity index is 1.52. The van der Waals surface area contributed by atoms with Crippen molar-refractivity contribution in [1.29, 1.82) is 0 Å². The van der Waals surface area contributed by atoms with Crippen molar-refractivity contribution in [3.63, 3.8) is 0 Å². The minimum absolute atomic E-state index is 0.117. The maximum Gasteiger partial charge on any atom is 0.321 e. The molecule has 3 N–H and O–H groups in total. The first kappa shape index (κ1) is 23.2. The van der Waals surface area contributed by atoms with Gasteiger partial charge in [-0.3, -0.25) is 9.59 Å². The maximum absolute atomic E-state index is 13.7. The van der Waals surface area contributed by atoms with E-state index in [2.05, 4.69) is 16.0 Å². The summed E-state index contributed by atoms with van der Waals surface area (Å²) in [5.74, 6) is -1.56. The molecular weight excluding hydrogens is 418 g/mol. The van der Waals surface area contributed by atoms with Crippen molar-refractivity contribution in [3.05, 3.63) is 65.7 Å². The van der Waals surface area contributed by atoms with Crippen LogP contribution in [-0.2, 0) is 16.0 Å². The molecule has 1 heterocycles. The first-order chi connectivity index (χ1) is 15.3. The summed E-state index contributed by atoms with van der Waals surface area (Å²) in [4.78, 5) is 38.3. The second-order valence-electron chi connectivity index (χ2n) is 7.76. The monoisotopic (exact) mass is 444 g/mol. The van der Waals surface area contributed by atoms with Crippen LogP contribution in [0.4, 0.5) is 19.3 Å². The molecule has 0 aromatic heterocycles. The highest BCUT2D eigenvalue weighted by Gasteiger charge is 2.27. The van der Waals surface area contributed by atoms with Crippen molar-refractivity contribution < 1.29 is 23.2 Å². The topological polar surface area (TPSA) is 90.5 Å². The number of nitrogens with one attached hydrogen (secondary N) is 3. The first-order valence-corrected chi connectivity index (χ1v) is 10.4. The van der Waals surface area contributed by atoms with Crippen LogP contribution < -0.4 is 16.0 Å². The molecule has 1 fully saturated rings. The predicted molar refractivity (Wildman–Crippen MR) is 116 cm³/mol. The van der Waals surface area contributed by atoms with Crippen LogP contribution in [0.3, 0.4) is 0 Å². The summed E-state index contributed by atoms with van der Waals surface area (Å²) < 4.78 is 26.9. The standard InChI is InChI=1S/C23H26F2N4O3/c1-15(30)26-21(14-16-6-8-17(24)9-7-16)22(31)27-18-10-12-29(13-11-18)23(32)28-20-5-3-2-4-19(20)25/h2-9,18,21H,10-14H2,1H3,(H,26,30)(H,27,31)(H,28,32). The number of piperidine rings is 1. The lowest BCUT2D eigenvalue weighted by Crippen LogP contribution is -2.53. The smallest absolute Gasteiger partial charge is 0.321 e. The van der Waals surface area contributed by atoms with Crippen LogP contribution in [0.2, 0.25) is 0 Å². The molecule has 170 valence electrons. The fourth-order valence-electron chi connectivity index (χ4n) is 3.60. The molecule has 0 saturated carbocycles. The van der Waals surface area contributed by atoms with E-state index in [1.54, 1.807) is 29.2 Å². The highest BCUT2D eigenvalue weighted by Crippen LogP contribution is 2.16. The molecule has 1 aliphatic heterocycles. The second kappa shape index (κ2) is 10.7. The van der Waals surface area contributed by atoms with Crippen LogP contribution >= 0.6 is 0 Å². The number of anilines is 1. The molecule has 2 aromatic carbocycles. The summed E-state index contributed by atoms with van der Waals surface area (Å²) in [7, 11) is 0. The predicted octanol–water partition coefficient (Wildman–Crippen LogP) is 2.82. The number of amides is 4. The van der Waals surface area contributed by atoms with Gasteiger partial charge in [0.25, 0.3) is 0 Å². The second-order valence-corrected chi connectivity index (χ2v) is 7.76. The van der Waals surface area contributed by atoms with E-state index in [9.17, 15) is 23.2 Å². The van der Waals surface area contributed by atoms with Crippen LogP contribution in [0.25, 0.3) is 0 Å². The fourth-order valence-corrected chi connectivity index (χ4v) is 3.60. The fraction of sp³-hybridized carbons (Fsp3) is 0.348. The zero-order chi connectivity index (χ0) is 23.1. The molecule has 1 unspecified atom stereocenters. The Morgan fingerprint density at radius 1 is 1.03 bits per heavy atom. The van der Waals surface area contributed by atoms with Gasteiger partial charge in [-0.1, -0.05) is 24.3 Å². The van der Waals surface area contributed by atoms with Gasteiger partial charge in [0.1, 0.15) is 17.7 Å². The molecule has 0 bridgehead atoms. The summed E-state index contributed by atoms with van der Waals surface area (Å²) in [6.45, 7) is 2.12. The highest BCUT2D eigenvalue weighted by atomic mass is 19.1. The van der Waals surface area contributed by atoms with Crippen LogP contribution in [0.15, 0.2) is 48.5 Å². The van der Waals surface area contributed by atoms with Gasteiger partial charge in [-0.05, 0) is 42.7 Å². The Hall–Kier alpha value is -3.49. The van der Waals surface area contributed by atoms with E-state index in [-0.39, 0.29) is 35.8 Å². The van der Waals surface area contributed by atoms with E-state index in [0.717, 1.165) is 5.56 Å². The van der Waals surface area contributed by atoms with Gasteiger partial charge in [0.05, 0.1) is 5.69 Å². The molecule has 3 rings (SSSR count). The van der Waals surface area contributed by atoms with Gasteiger partial charge in [0.2, 0.25) is 11.8 Å². The van der Waals surface area contributed by atoms with Gasteiger partial charge >= 0.3 is 6.03 Å². The van der Waals surface area contributed by atoms with E-state index >= 15 is 0 Å². The largest absolute Gasteiger partial charge is 0.351 e. The summed E-state index contributed by atoms with van der Waals surface area (Å²) >= 11 is 0. The minimum Gasteiger partial charge on any atom is -0.351 e. The number of carbonyl (C=O) groups excluding carboxylic acids is 3. The average molecular weight is 444 g/mol. The van der Waals surface area contributed by atoms with Crippen LogP contribution in [0.1, 0.15) is 25.3 Å². The number of carbonyl (C=O) groups is 3. The number of benzene rings is 2. The normalized spacial score (nSPS) is 15.0. The Morgan fingerprint density at radius 2 is 1.69 bits per heavy atom. The first-order valence-electron chi connectivity index (χ1n) is 10.4. The van der Waals surface area contributed by atoms with Crippen LogP contribution in [0, 0.1) is 11.6 Å². The summed E-state index contributed by atoms with van der Waals surface area (Å²) in [5.41, 5.74) is 0.840. The number of hydrogen-bond donors (Lipinski definition) is 3. The Bertz CT molecular complexity index is 960. The molecular formula is C23H26F2N4O3. The van der Waals surface area contributed by atoms with Gasteiger partial charge in [0, 0.05) is 32.5 Å².